The Hall–Kier alpha value is -6.85. The van der Waals surface area contributed by atoms with Crippen molar-refractivity contribution in [2.45, 2.75) is 19.3 Å². The molecule has 7 aromatic carbocycles. The number of para-hydroxylation sites is 3. The fourth-order valence-corrected chi connectivity index (χ4v) is 8.48. The molecule has 250 valence electrons. The van der Waals surface area contributed by atoms with Crippen LogP contribution < -0.4 is 0 Å². The van der Waals surface area contributed by atoms with Crippen LogP contribution in [-0.2, 0) is 5.41 Å². The van der Waals surface area contributed by atoms with E-state index in [0.29, 0.717) is 28.6 Å². The molecule has 0 saturated carbocycles. The molecule has 5 heteroatoms. The summed E-state index contributed by atoms with van der Waals surface area (Å²) in [6.07, 6.45) is 0. The van der Waals surface area contributed by atoms with E-state index in [-0.39, 0.29) is 35.3 Å². The van der Waals surface area contributed by atoms with Gasteiger partial charge in [0.2, 0.25) is 5.95 Å². The van der Waals surface area contributed by atoms with Crippen molar-refractivity contribution < 1.29 is 6.85 Å². The SMILES string of the molecule is [2H]c1c([2H])c([2H])c(-n2c3ccccc3c3c2ccc2c4ccccc4n(-c4nc(-c5ccccc5)nc(-c5ccc6c(c5)-c5ccccc5C6(C)C)n4)c23)c([2H])c1[2H]. The van der Waals surface area contributed by atoms with Crippen molar-refractivity contribution in [2.24, 2.45) is 0 Å². The van der Waals surface area contributed by atoms with Crippen LogP contribution in [0.25, 0.3) is 89.2 Å². The Kier molecular flexibility index (Phi) is 5.26. The van der Waals surface area contributed by atoms with Gasteiger partial charge < -0.3 is 4.57 Å². The topological polar surface area (TPSA) is 48.5 Å². The lowest BCUT2D eigenvalue weighted by atomic mass is 9.82. The number of benzene rings is 7. The van der Waals surface area contributed by atoms with E-state index >= 15 is 0 Å². The van der Waals surface area contributed by atoms with Crippen molar-refractivity contribution in [1.82, 2.24) is 24.1 Å². The van der Waals surface area contributed by atoms with Crippen LogP contribution in [0.3, 0.4) is 0 Å². The lowest BCUT2D eigenvalue weighted by Gasteiger charge is -2.21. The van der Waals surface area contributed by atoms with Gasteiger partial charge in [-0.3, -0.25) is 4.57 Å². The molecular formula is C48H33N5. The average Bonchev–Trinajstić information content (AvgIpc) is 3.85. The number of hydrogen-bond donors (Lipinski definition) is 0. The number of nitrogens with zero attached hydrogens (tertiary/aromatic N) is 5. The minimum absolute atomic E-state index is 0.0920. The molecule has 5 nitrogen and oxygen atoms in total. The summed E-state index contributed by atoms with van der Waals surface area (Å²) < 4.78 is 47.2. The second-order valence-corrected chi connectivity index (χ2v) is 14.1. The smallest absolute Gasteiger partial charge is 0.238 e. The van der Waals surface area contributed by atoms with E-state index in [4.69, 9.17) is 21.8 Å². The average molecular weight is 685 g/mol. The number of rotatable bonds is 4. The molecule has 1 aliphatic carbocycles. The zero-order valence-corrected chi connectivity index (χ0v) is 28.9. The van der Waals surface area contributed by atoms with Crippen molar-refractivity contribution in [2.75, 3.05) is 0 Å². The zero-order valence-electron chi connectivity index (χ0n) is 33.9. The van der Waals surface area contributed by atoms with Gasteiger partial charge in [0.25, 0.3) is 0 Å². The Morgan fingerprint density at radius 2 is 1.17 bits per heavy atom. The van der Waals surface area contributed by atoms with Crippen LogP contribution in [0.4, 0.5) is 0 Å². The molecule has 0 saturated heterocycles. The minimum Gasteiger partial charge on any atom is -0.309 e. The fourth-order valence-electron chi connectivity index (χ4n) is 8.48. The summed E-state index contributed by atoms with van der Waals surface area (Å²) in [4.78, 5) is 15.7. The summed E-state index contributed by atoms with van der Waals surface area (Å²) in [6, 6.07) is 43.3. The van der Waals surface area contributed by atoms with Crippen LogP contribution in [0.1, 0.15) is 31.8 Å². The Balaban J connectivity index is 1.25. The summed E-state index contributed by atoms with van der Waals surface area (Å²) in [5.74, 6) is 1.50. The molecule has 0 atom stereocenters. The Bertz CT molecular complexity index is 3360. The highest BCUT2D eigenvalue weighted by molar-refractivity contribution is 6.26. The third-order valence-electron chi connectivity index (χ3n) is 10.9. The molecule has 11 rings (SSSR count). The third kappa shape index (κ3) is 4.28. The normalized spacial score (nSPS) is 14.6. The highest BCUT2D eigenvalue weighted by atomic mass is 15.2. The van der Waals surface area contributed by atoms with Gasteiger partial charge in [0.05, 0.1) is 28.9 Å². The number of hydrogen-bond acceptors (Lipinski definition) is 3. The minimum atomic E-state index is -0.432. The molecule has 0 bridgehead atoms. The number of aromatic nitrogens is 5. The van der Waals surface area contributed by atoms with Crippen LogP contribution >= 0.6 is 0 Å². The summed E-state index contributed by atoms with van der Waals surface area (Å²) >= 11 is 0. The second kappa shape index (κ2) is 11.1. The van der Waals surface area contributed by atoms with Gasteiger partial charge in [0.1, 0.15) is 0 Å². The molecule has 0 aliphatic heterocycles. The van der Waals surface area contributed by atoms with Gasteiger partial charge in [0, 0.05) is 43.8 Å². The first-order valence-electron chi connectivity index (χ1n) is 20.2. The molecule has 0 spiro atoms. The van der Waals surface area contributed by atoms with Gasteiger partial charge in [-0.1, -0.05) is 141 Å². The zero-order chi connectivity index (χ0) is 39.6. The van der Waals surface area contributed by atoms with Gasteiger partial charge in [0.15, 0.2) is 11.6 Å². The monoisotopic (exact) mass is 684 g/mol. The van der Waals surface area contributed by atoms with E-state index in [1.807, 2.05) is 78.9 Å². The molecular weight excluding hydrogens is 647 g/mol. The standard InChI is InChI=1S/C48H33N5/c1-48(2)38-22-12-9-19-33(38)37-29-31(25-27-39(37)48)46-49-45(30-15-5-3-6-16-30)50-47(51-46)53-40-23-13-10-20-34(40)35-26-28-42-43(44(35)53)36-21-11-14-24-41(36)52(42)32-17-7-4-8-18-32/h3-29H,1-2H3/i4D,7D,8D,17D,18D. The van der Waals surface area contributed by atoms with E-state index in [0.717, 1.165) is 43.7 Å². The van der Waals surface area contributed by atoms with Crippen molar-refractivity contribution in [1.29, 1.82) is 0 Å². The first-order chi connectivity index (χ1) is 28.1. The van der Waals surface area contributed by atoms with Crippen LogP contribution in [0, 0.1) is 0 Å². The van der Waals surface area contributed by atoms with Gasteiger partial charge >= 0.3 is 0 Å². The van der Waals surface area contributed by atoms with E-state index < -0.39 is 6.04 Å². The molecule has 1 aliphatic rings. The van der Waals surface area contributed by atoms with Crippen LogP contribution in [0.15, 0.2) is 164 Å². The van der Waals surface area contributed by atoms with E-state index in [9.17, 15) is 0 Å². The van der Waals surface area contributed by atoms with Crippen molar-refractivity contribution in [3.63, 3.8) is 0 Å². The summed E-state index contributed by atoms with van der Waals surface area (Å²) in [6.45, 7) is 4.54. The summed E-state index contributed by atoms with van der Waals surface area (Å²) in [5.41, 5.74) is 9.73. The van der Waals surface area contributed by atoms with E-state index in [2.05, 4.69) is 73.0 Å². The highest BCUT2D eigenvalue weighted by Gasteiger charge is 2.35. The quantitative estimate of drug-likeness (QED) is 0.185. The Morgan fingerprint density at radius 1 is 0.509 bits per heavy atom. The lowest BCUT2D eigenvalue weighted by Crippen LogP contribution is -2.14. The maximum atomic E-state index is 8.98. The predicted molar refractivity (Wildman–Crippen MR) is 217 cm³/mol. The summed E-state index contributed by atoms with van der Waals surface area (Å²) in [7, 11) is 0. The van der Waals surface area contributed by atoms with Crippen molar-refractivity contribution >= 4 is 43.6 Å². The summed E-state index contributed by atoms with van der Waals surface area (Å²) in [5, 5.41) is 3.66. The second-order valence-electron chi connectivity index (χ2n) is 14.1. The molecule has 53 heavy (non-hydrogen) atoms. The Morgan fingerprint density at radius 3 is 1.98 bits per heavy atom. The molecule has 10 aromatic rings. The molecule has 0 fully saturated rings. The largest absolute Gasteiger partial charge is 0.309 e. The van der Waals surface area contributed by atoms with Gasteiger partial charge in [-0.25, -0.2) is 4.98 Å². The molecule has 3 heterocycles. The Labute approximate surface area is 313 Å². The maximum Gasteiger partial charge on any atom is 0.238 e. The van der Waals surface area contributed by atoms with Crippen molar-refractivity contribution in [3.05, 3.63) is 175 Å². The van der Waals surface area contributed by atoms with Gasteiger partial charge in [-0.2, -0.15) is 9.97 Å². The van der Waals surface area contributed by atoms with Crippen LogP contribution in [0.2, 0.25) is 0 Å². The molecule has 0 radical (unpaired) electrons. The number of fused-ring (bicyclic) bond motifs is 10. The van der Waals surface area contributed by atoms with Crippen LogP contribution in [0.5, 0.6) is 0 Å². The molecule has 3 aromatic heterocycles. The molecule has 0 amide bonds. The maximum absolute atomic E-state index is 8.98. The van der Waals surface area contributed by atoms with Crippen molar-refractivity contribution in [3.8, 4) is 45.5 Å². The van der Waals surface area contributed by atoms with Gasteiger partial charge in [-0.05, 0) is 58.6 Å². The van der Waals surface area contributed by atoms with E-state index in [1.54, 1.807) is 4.57 Å². The first kappa shape index (κ1) is 25.2. The van der Waals surface area contributed by atoms with E-state index in [1.165, 1.54) is 22.3 Å². The third-order valence-corrected chi connectivity index (χ3v) is 10.9. The first-order valence-corrected chi connectivity index (χ1v) is 17.7. The highest BCUT2D eigenvalue weighted by Crippen LogP contribution is 2.49. The lowest BCUT2D eigenvalue weighted by molar-refractivity contribution is 0.660. The molecule has 0 N–H and O–H groups in total. The molecule has 0 unspecified atom stereocenters. The van der Waals surface area contributed by atoms with Crippen LogP contribution in [-0.4, -0.2) is 24.1 Å². The fraction of sp³-hybridized carbons (Fsp3) is 0.0625. The van der Waals surface area contributed by atoms with Gasteiger partial charge in [-0.15, -0.1) is 0 Å². The predicted octanol–water partition coefficient (Wildman–Crippen LogP) is 11.7.